The van der Waals surface area contributed by atoms with Crippen LogP contribution in [0, 0.1) is 5.92 Å². The van der Waals surface area contributed by atoms with Crippen LogP contribution in [-0.2, 0) is 11.2 Å². The van der Waals surface area contributed by atoms with Gasteiger partial charge in [-0.3, -0.25) is 4.79 Å². The Morgan fingerprint density at radius 1 is 1.33 bits per heavy atom. The van der Waals surface area contributed by atoms with Crippen LogP contribution in [0.25, 0.3) is 0 Å². The molecule has 1 amide bonds. The standard InChI is InChI=1S/C17H24N2O2/c1-3-14-8-10-15(11-9-14)21-12-17(20)19-18-16-7-5-4-6-13(16)2/h8-11,13H,3-7,12H2,1-2H3,(H,19,20)/b18-16-/t13-/m0/s1. The molecule has 4 heteroatoms. The van der Waals surface area contributed by atoms with Gasteiger partial charge in [-0.25, -0.2) is 5.43 Å². The van der Waals surface area contributed by atoms with Crippen molar-refractivity contribution in [2.75, 3.05) is 6.61 Å². The number of nitrogens with zero attached hydrogens (tertiary/aromatic N) is 1. The molecule has 1 aliphatic rings. The fourth-order valence-electron chi connectivity index (χ4n) is 2.47. The SMILES string of the molecule is CCc1ccc(OCC(=O)N/N=C2/CCCC[C@@H]2C)cc1. The maximum absolute atomic E-state index is 11.7. The number of benzene rings is 1. The summed E-state index contributed by atoms with van der Waals surface area (Å²) in [6, 6.07) is 7.80. The van der Waals surface area contributed by atoms with E-state index in [0.717, 1.165) is 25.0 Å². The monoisotopic (exact) mass is 288 g/mol. The van der Waals surface area contributed by atoms with Gasteiger partial charge in [0.15, 0.2) is 6.61 Å². The number of rotatable bonds is 5. The lowest BCUT2D eigenvalue weighted by atomic mass is 9.89. The second-order valence-electron chi connectivity index (χ2n) is 5.57. The highest BCUT2D eigenvalue weighted by Gasteiger charge is 2.16. The molecule has 1 atom stereocenters. The Kier molecular flexibility index (Phi) is 5.78. The summed E-state index contributed by atoms with van der Waals surface area (Å²) < 4.78 is 5.45. The van der Waals surface area contributed by atoms with Crippen LogP contribution in [-0.4, -0.2) is 18.2 Å². The molecule has 0 unspecified atom stereocenters. The van der Waals surface area contributed by atoms with Gasteiger partial charge in [-0.05, 0) is 49.3 Å². The third-order valence-corrected chi connectivity index (χ3v) is 3.91. The van der Waals surface area contributed by atoms with Gasteiger partial charge in [0.1, 0.15) is 5.75 Å². The first-order valence-corrected chi connectivity index (χ1v) is 7.76. The Balaban J connectivity index is 1.77. The van der Waals surface area contributed by atoms with E-state index in [1.807, 2.05) is 24.3 Å². The van der Waals surface area contributed by atoms with Crippen molar-refractivity contribution in [3.8, 4) is 5.75 Å². The average Bonchev–Trinajstić information content (AvgIpc) is 2.52. The zero-order chi connectivity index (χ0) is 15.1. The van der Waals surface area contributed by atoms with Gasteiger partial charge >= 0.3 is 0 Å². The maximum atomic E-state index is 11.7. The lowest BCUT2D eigenvalue weighted by Gasteiger charge is -2.19. The first-order chi connectivity index (χ1) is 10.2. The van der Waals surface area contributed by atoms with Gasteiger partial charge in [0, 0.05) is 5.71 Å². The molecule has 0 bridgehead atoms. The summed E-state index contributed by atoms with van der Waals surface area (Å²) in [6.45, 7) is 4.27. The number of amides is 1. The molecule has 1 saturated carbocycles. The van der Waals surface area contributed by atoms with E-state index in [1.165, 1.54) is 18.4 Å². The van der Waals surface area contributed by atoms with E-state index in [4.69, 9.17) is 4.74 Å². The number of carbonyl (C=O) groups excluding carboxylic acids is 1. The summed E-state index contributed by atoms with van der Waals surface area (Å²) in [6.07, 6.45) is 5.57. The van der Waals surface area contributed by atoms with E-state index in [2.05, 4.69) is 24.4 Å². The third-order valence-electron chi connectivity index (χ3n) is 3.91. The van der Waals surface area contributed by atoms with Crippen LogP contribution >= 0.6 is 0 Å². The summed E-state index contributed by atoms with van der Waals surface area (Å²) in [5.74, 6) is 0.974. The van der Waals surface area contributed by atoms with E-state index in [0.29, 0.717) is 11.7 Å². The van der Waals surface area contributed by atoms with E-state index in [1.54, 1.807) is 0 Å². The molecule has 0 saturated heterocycles. The van der Waals surface area contributed by atoms with Crippen molar-refractivity contribution in [1.82, 2.24) is 5.43 Å². The molecule has 1 fully saturated rings. The molecular weight excluding hydrogens is 264 g/mol. The second kappa shape index (κ2) is 7.81. The van der Waals surface area contributed by atoms with Crippen LogP contribution in [0.2, 0.25) is 0 Å². The largest absolute Gasteiger partial charge is 0.484 e. The smallest absolute Gasteiger partial charge is 0.277 e. The zero-order valence-corrected chi connectivity index (χ0v) is 12.9. The Bertz CT molecular complexity index is 494. The first-order valence-electron chi connectivity index (χ1n) is 7.76. The fourth-order valence-corrected chi connectivity index (χ4v) is 2.47. The van der Waals surface area contributed by atoms with Crippen molar-refractivity contribution in [3.63, 3.8) is 0 Å². The minimum atomic E-state index is -0.208. The van der Waals surface area contributed by atoms with E-state index < -0.39 is 0 Å². The molecule has 21 heavy (non-hydrogen) atoms. The highest BCUT2D eigenvalue weighted by atomic mass is 16.5. The second-order valence-corrected chi connectivity index (χ2v) is 5.57. The predicted octanol–water partition coefficient (Wildman–Crippen LogP) is 3.31. The van der Waals surface area contributed by atoms with Gasteiger partial charge in [0.2, 0.25) is 0 Å². The Labute approximate surface area is 126 Å². The van der Waals surface area contributed by atoms with Gasteiger partial charge < -0.3 is 4.74 Å². The third kappa shape index (κ3) is 4.88. The van der Waals surface area contributed by atoms with Crippen molar-refractivity contribution >= 4 is 11.6 Å². The topological polar surface area (TPSA) is 50.7 Å². The molecule has 4 nitrogen and oxygen atoms in total. The molecule has 1 N–H and O–H groups in total. The number of hydrogen-bond acceptors (Lipinski definition) is 3. The van der Waals surface area contributed by atoms with Crippen molar-refractivity contribution in [2.24, 2.45) is 11.0 Å². The number of hydrogen-bond donors (Lipinski definition) is 1. The molecule has 0 spiro atoms. The van der Waals surface area contributed by atoms with Gasteiger partial charge in [0.25, 0.3) is 5.91 Å². The van der Waals surface area contributed by atoms with Crippen molar-refractivity contribution < 1.29 is 9.53 Å². The summed E-state index contributed by atoms with van der Waals surface area (Å²) in [5, 5.41) is 4.24. The molecule has 1 aliphatic carbocycles. The van der Waals surface area contributed by atoms with Crippen LogP contribution in [0.3, 0.4) is 0 Å². The Morgan fingerprint density at radius 3 is 2.76 bits per heavy atom. The predicted molar refractivity (Wildman–Crippen MR) is 84.5 cm³/mol. The quantitative estimate of drug-likeness (QED) is 0.845. The minimum Gasteiger partial charge on any atom is -0.484 e. The molecule has 114 valence electrons. The van der Waals surface area contributed by atoms with Crippen LogP contribution in [0.15, 0.2) is 29.4 Å². The van der Waals surface area contributed by atoms with E-state index >= 15 is 0 Å². The Morgan fingerprint density at radius 2 is 2.10 bits per heavy atom. The number of aryl methyl sites for hydroxylation is 1. The molecule has 2 rings (SSSR count). The van der Waals surface area contributed by atoms with Gasteiger partial charge in [-0.2, -0.15) is 5.10 Å². The molecule has 0 heterocycles. The van der Waals surface area contributed by atoms with E-state index in [-0.39, 0.29) is 12.5 Å². The van der Waals surface area contributed by atoms with Gasteiger partial charge in [-0.15, -0.1) is 0 Å². The number of nitrogens with one attached hydrogen (secondary N) is 1. The normalized spacial score (nSPS) is 20.3. The fraction of sp³-hybridized carbons (Fsp3) is 0.529. The number of ether oxygens (including phenoxy) is 1. The summed E-state index contributed by atoms with van der Waals surface area (Å²) >= 11 is 0. The molecule has 1 aromatic carbocycles. The summed E-state index contributed by atoms with van der Waals surface area (Å²) in [5.41, 5.74) is 4.95. The summed E-state index contributed by atoms with van der Waals surface area (Å²) in [4.78, 5) is 11.7. The minimum absolute atomic E-state index is 0.00334. The molecular formula is C17H24N2O2. The van der Waals surface area contributed by atoms with Crippen LogP contribution in [0.4, 0.5) is 0 Å². The molecule has 1 aromatic rings. The molecule has 0 aliphatic heterocycles. The van der Waals surface area contributed by atoms with Crippen molar-refractivity contribution in [3.05, 3.63) is 29.8 Å². The Hall–Kier alpha value is -1.84. The number of hydrazone groups is 1. The van der Waals surface area contributed by atoms with E-state index in [9.17, 15) is 4.79 Å². The average molecular weight is 288 g/mol. The lowest BCUT2D eigenvalue weighted by molar-refractivity contribution is -0.123. The van der Waals surface area contributed by atoms with Gasteiger partial charge in [0.05, 0.1) is 0 Å². The first kappa shape index (κ1) is 15.5. The lowest BCUT2D eigenvalue weighted by Crippen LogP contribution is -2.28. The van der Waals surface area contributed by atoms with Crippen LogP contribution < -0.4 is 10.2 Å². The zero-order valence-electron chi connectivity index (χ0n) is 12.9. The highest BCUT2D eigenvalue weighted by Crippen LogP contribution is 2.20. The van der Waals surface area contributed by atoms with Crippen molar-refractivity contribution in [2.45, 2.75) is 46.0 Å². The van der Waals surface area contributed by atoms with Gasteiger partial charge in [-0.1, -0.05) is 32.4 Å². The van der Waals surface area contributed by atoms with Crippen LogP contribution in [0.1, 0.15) is 45.1 Å². The molecule has 0 aromatic heterocycles. The maximum Gasteiger partial charge on any atom is 0.277 e. The number of carbonyl (C=O) groups is 1. The highest BCUT2D eigenvalue weighted by molar-refractivity contribution is 5.88. The van der Waals surface area contributed by atoms with Crippen molar-refractivity contribution in [1.29, 1.82) is 0 Å². The van der Waals surface area contributed by atoms with Crippen LogP contribution in [0.5, 0.6) is 5.75 Å². The summed E-state index contributed by atoms with van der Waals surface area (Å²) in [7, 11) is 0. The molecule has 0 radical (unpaired) electrons.